The fourth-order valence-corrected chi connectivity index (χ4v) is 2.37. The second-order valence-corrected chi connectivity index (χ2v) is 4.74. The van der Waals surface area contributed by atoms with Crippen molar-refractivity contribution in [1.29, 1.82) is 0 Å². The van der Waals surface area contributed by atoms with Gasteiger partial charge < -0.3 is 25.2 Å². The average Bonchev–Trinajstić information content (AvgIpc) is 2.46. The van der Waals surface area contributed by atoms with Gasteiger partial charge in [-0.15, -0.1) is 0 Å². The highest BCUT2D eigenvalue weighted by Gasteiger charge is 2.19. The molecule has 0 spiro atoms. The normalized spacial score (nSPS) is 12.1. The van der Waals surface area contributed by atoms with E-state index in [0.29, 0.717) is 17.7 Å². The molecule has 0 aromatic heterocycles. The summed E-state index contributed by atoms with van der Waals surface area (Å²) < 4.78 is 5.08. The van der Waals surface area contributed by atoms with Crippen LogP contribution >= 0.6 is 0 Å². The minimum absolute atomic E-state index is 0.0257. The zero-order chi connectivity index (χ0) is 15.4. The predicted molar refractivity (Wildman–Crippen MR) is 78.0 cm³/mol. The van der Waals surface area contributed by atoms with Crippen molar-refractivity contribution in [2.24, 2.45) is 0 Å². The Kier molecular flexibility index (Phi) is 4.55. The highest BCUT2D eigenvalue weighted by Crippen LogP contribution is 2.38. The third-order valence-electron chi connectivity index (χ3n) is 3.41. The molecule has 1 unspecified atom stereocenters. The lowest BCUT2D eigenvalue weighted by atomic mass is 9.88. The van der Waals surface area contributed by atoms with Crippen molar-refractivity contribution >= 4 is 0 Å². The molecule has 0 bridgehead atoms. The Hall–Kier alpha value is -2.40. The summed E-state index contributed by atoms with van der Waals surface area (Å²) in [6, 6.07) is 9.25. The second kappa shape index (κ2) is 6.37. The highest BCUT2D eigenvalue weighted by molar-refractivity contribution is 5.49. The van der Waals surface area contributed by atoms with Crippen LogP contribution in [0.3, 0.4) is 0 Å². The van der Waals surface area contributed by atoms with Gasteiger partial charge in [0.1, 0.15) is 11.5 Å². The molecule has 2 rings (SSSR count). The van der Waals surface area contributed by atoms with E-state index >= 15 is 0 Å². The Morgan fingerprint density at radius 3 is 2.38 bits per heavy atom. The number of phenols is 3. The first kappa shape index (κ1) is 15.0. The van der Waals surface area contributed by atoms with Crippen LogP contribution in [0.1, 0.15) is 23.5 Å². The van der Waals surface area contributed by atoms with Crippen LogP contribution in [0.25, 0.3) is 0 Å². The summed E-state index contributed by atoms with van der Waals surface area (Å²) in [6.45, 7) is -0.0613. The van der Waals surface area contributed by atoms with Crippen LogP contribution in [0.2, 0.25) is 0 Å². The molecule has 4 N–H and O–H groups in total. The van der Waals surface area contributed by atoms with Crippen molar-refractivity contribution in [3.05, 3.63) is 47.5 Å². The first-order valence-corrected chi connectivity index (χ1v) is 6.56. The van der Waals surface area contributed by atoms with Gasteiger partial charge in [-0.25, -0.2) is 0 Å². The molecular formula is C16H18O5. The summed E-state index contributed by atoms with van der Waals surface area (Å²) in [4.78, 5) is 0. The second-order valence-electron chi connectivity index (χ2n) is 4.74. The molecule has 5 nitrogen and oxygen atoms in total. The molecule has 112 valence electrons. The molecule has 0 aliphatic carbocycles. The zero-order valence-electron chi connectivity index (χ0n) is 11.7. The average molecular weight is 290 g/mol. The number of aromatic hydroxyl groups is 3. The van der Waals surface area contributed by atoms with Crippen molar-refractivity contribution in [3.8, 4) is 23.0 Å². The molecule has 2 aromatic rings. The molecule has 5 heteroatoms. The van der Waals surface area contributed by atoms with Gasteiger partial charge in [-0.05, 0) is 30.2 Å². The van der Waals surface area contributed by atoms with Crippen LogP contribution in [0.4, 0.5) is 0 Å². The van der Waals surface area contributed by atoms with E-state index in [4.69, 9.17) is 4.74 Å². The van der Waals surface area contributed by atoms with Gasteiger partial charge in [-0.3, -0.25) is 0 Å². The van der Waals surface area contributed by atoms with Crippen molar-refractivity contribution in [1.82, 2.24) is 0 Å². The number of rotatable bonds is 5. The number of benzene rings is 2. The van der Waals surface area contributed by atoms with Gasteiger partial charge >= 0.3 is 0 Å². The van der Waals surface area contributed by atoms with Crippen molar-refractivity contribution in [2.75, 3.05) is 13.7 Å². The Labute approximate surface area is 122 Å². The van der Waals surface area contributed by atoms with Crippen LogP contribution in [0.5, 0.6) is 23.0 Å². The molecule has 0 radical (unpaired) electrons. The van der Waals surface area contributed by atoms with E-state index in [1.54, 1.807) is 18.2 Å². The molecular weight excluding hydrogens is 272 g/mol. The van der Waals surface area contributed by atoms with Gasteiger partial charge in [0.05, 0.1) is 7.11 Å². The summed E-state index contributed by atoms with van der Waals surface area (Å²) >= 11 is 0. The number of aliphatic hydroxyl groups excluding tert-OH is 1. The largest absolute Gasteiger partial charge is 0.508 e. The Morgan fingerprint density at radius 2 is 1.76 bits per heavy atom. The van der Waals surface area contributed by atoms with E-state index in [0.717, 1.165) is 5.56 Å². The third-order valence-corrected chi connectivity index (χ3v) is 3.41. The van der Waals surface area contributed by atoms with E-state index in [1.165, 1.54) is 25.3 Å². The fraction of sp³-hybridized carbons (Fsp3) is 0.250. The summed E-state index contributed by atoms with van der Waals surface area (Å²) in [7, 11) is 1.46. The van der Waals surface area contributed by atoms with Crippen LogP contribution < -0.4 is 4.74 Å². The number of hydrogen-bond acceptors (Lipinski definition) is 5. The lowest BCUT2D eigenvalue weighted by molar-refractivity contribution is 0.280. The highest BCUT2D eigenvalue weighted by atomic mass is 16.5. The Bertz CT molecular complexity index is 624. The van der Waals surface area contributed by atoms with Gasteiger partial charge in [-0.1, -0.05) is 12.1 Å². The van der Waals surface area contributed by atoms with E-state index < -0.39 is 0 Å². The smallest absolute Gasteiger partial charge is 0.160 e. The maximum atomic E-state index is 10.0. The van der Waals surface area contributed by atoms with Gasteiger partial charge in [0.15, 0.2) is 11.5 Å². The minimum Gasteiger partial charge on any atom is -0.508 e. The molecule has 2 aromatic carbocycles. The van der Waals surface area contributed by atoms with Crippen LogP contribution in [-0.2, 0) is 0 Å². The summed E-state index contributed by atoms with van der Waals surface area (Å²) in [5.74, 6) is 0.0144. The lowest BCUT2D eigenvalue weighted by Crippen LogP contribution is -2.04. The number of phenolic OH excluding ortho intramolecular Hbond substituents is 3. The SMILES string of the molecule is COc1cc(C(CCO)c2ccc(O)cc2O)ccc1O. The number of aliphatic hydroxyl groups is 1. The maximum absolute atomic E-state index is 10.0. The topological polar surface area (TPSA) is 90.2 Å². The summed E-state index contributed by atoms with van der Waals surface area (Å²) in [5.41, 5.74) is 1.38. The van der Waals surface area contributed by atoms with Crippen molar-refractivity contribution in [2.45, 2.75) is 12.3 Å². The third kappa shape index (κ3) is 3.20. The monoisotopic (exact) mass is 290 g/mol. The fourth-order valence-electron chi connectivity index (χ4n) is 2.37. The van der Waals surface area contributed by atoms with Gasteiger partial charge in [0.2, 0.25) is 0 Å². The molecule has 0 fully saturated rings. The van der Waals surface area contributed by atoms with Crippen LogP contribution in [-0.4, -0.2) is 34.1 Å². The Balaban J connectivity index is 2.47. The molecule has 21 heavy (non-hydrogen) atoms. The molecule has 0 amide bonds. The Morgan fingerprint density at radius 1 is 1.00 bits per heavy atom. The maximum Gasteiger partial charge on any atom is 0.160 e. The molecule has 0 heterocycles. The van der Waals surface area contributed by atoms with Crippen molar-refractivity contribution < 1.29 is 25.2 Å². The summed E-state index contributed by atoms with van der Waals surface area (Å²) in [6.07, 6.45) is 0.395. The number of hydrogen-bond donors (Lipinski definition) is 4. The minimum atomic E-state index is -0.273. The summed E-state index contributed by atoms with van der Waals surface area (Å²) in [5, 5.41) is 38.3. The zero-order valence-corrected chi connectivity index (χ0v) is 11.7. The van der Waals surface area contributed by atoms with Crippen molar-refractivity contribution in [3.63, 3.8) is 0 Å². The van der Waals surface area contributed by atoms with Gasteiger partial charge in [0, 0.05) is 24.2 Å². The number of methoxy groups -OCH3 is 1. The van der Waals surface area contributed by atoms with E-state index in [9.17, 15) is 20.4 Å². The predicted octanol–water partition coefficient (Wildman–Crippen LogP) is 2.33. The van der Waals surface area contributed by atoms with E-state index in [1.807, 2.05) is 0 Å². The van der Waals surface area contributed by atoms with E-state index in [-0.39, 0.29) is 29.8 Å². The quantitative estimate of drug-likeness (QED) is 0.678. The van der Waals surface area contributed by atoms with Gasteiger partial charge in [-0.2, -0.15) is 0 Å². The van der Waals surface area contributed by atoms with Crippen LogP contribution in [0, 0.1) is 0 Å². The van der Waals surface area contributed by atoms with Gasteiger partial charge in [0.25, 0.3) is 0 Å². The lowest BCUT2D eigenvalue weighted by Gasteiger charge is -2.19. The molecule has 1 atom stereocenters. The molecule has 0 aliphatic rings. The van der Waals surface area contributed by atoms with Crippen LogP contribution in [0.15, 0.2) is 36.4 Å². The van der Waals surface area contributed by atoms with E-state index in [2.05, 4.69) is 0 Å². The molecule has 0 saturated heterocycles. The number of ether oxygens (including phenoxy) is 1. The molecule has 0 aliphatic heterocycles. The standard InChI is InChI=1S/C16H18O5/c1-21-16-8-10(2-5-14(16)19)12(6-7-17)13-4-3-11(18)9-15(13)20/h2-5,8-9,12,17-20H,6-7H2,1H3. The first-order chi connectivity index (χ1) is 10.1. The first-order valence-electron chi connectivity index (χ1n) is 6.56. The molecule has 0 saturated carbocycles.